The molecule has 0 saturated carbocycles. The van der Waals surface area contributed by atoms with Crippen molar-refractivity contribution in [1.82, 2.24) is 4.90 Å². The van der Waals surface area contributed by atoms with Crippen molar-refractivity contribution < 1.29 is 0 Å². The van der Waals surface area contributed by atoms with E-state index in [2.05, 4.69) is 63.8 Å². The van der Waals surface area contributed by atoms with Gasteiger partial charge in [-0.3, -0.25) is 4.90 Å². The second kappa shape index (κ2) is 6.50. The number of piperidine rings is 1. The van der Waals surface area contributed by atoms with Crippen molar-refractivity contribution in [3.8, 4) is 0 Å². The van der Waals surface area contributed by atoms with E-state index < -0.39 is 0 Å². The number of nitrogens with zero attached hydrogens (tertiary/aromatic N) is 1. The lowest BCUT2D eigenvalue weighted by molar-refractivity contribution is 0.132. The fourth-order valence-corrected chi connectivity index (χ4v) is 3.30. The van der Waals surface area contributed by atoms with Crippen LogP contribution >= 0.6 is 0 Å². The summed E-state index contributed by atoms with van der Waals surface area (Å²) in [7, 11) is 0. The largest absolute Gasteiger partial charge is 0.328 e. The minimum Gasteiger partial charge on any atom is -0.328 e. The van der Waals surface area contributed by atoms with E-state index >= 15 is 0 Å². The predicted molar refractivity (Wildman–Crippen MR) is 91.5 cm³/mol. The van der Waals surface area contributed by atoms with Crippen LogP contribution in [0.5, 0.6) is 0 Å². The first-order valence-corrected chi connectivity index (χ1v) is 8.39. The molecule has 0 radical (unpaired) electrons. The van der Waals surface area contributed by atoms with Crippen LogP contribution in [0.25, 0.3) is 0 Å². The Labute approximate surface area is 130 Å². The highest BCUT2D eigenvalue weighted by molar-refractivity contribution is 5.29. The second-order valence-corrected chi connectivity index (χ2v) is 7.78. The van der Waals surface area contributed by atoms with Crippen LogP contribution in [0, 0.1) is 5.92 Å². The van der Waals surface area contributed by atoms with Gasteiger partial charge < -0.3 is 5.73 Å². The van der Waals surface area contributed by atoms with Crippen LogP contribution in [0.4, 0.5) is 0 Å². The van der Waals surface area contributed by atoms with Crippen LogP contribution in [-0.4, -0.2) is 24.0 Å². The molecular formula is C19H32N2. The SMILES string of the molecule is CC(N)C1CCN(C(C)c2ccc(C(C)(C)C)cc2)CC1. The summed E-state index contributed by atoms with van der Waals surface area (Å²) in [5, 5.41) is 0. The number of likely N-dealkylation sites (tertiary alicyclic amines) is 1. The molecule has 0 bridgehead atoms. The highest BCUT2D eigenvalue weighted by Crippen LogP contribution is 2.29. The lowest BCUT2D eigenvalue weighted by atomic mass is 9.86. The van der Waals surface area contributed by atoms with Gasteiger partial charge in [0.05, 0.1) is 0 Å². The van der Waals surface area contributed by atoms with E-state index in [9.17, 15) is 0 Å². The topological polar surface area (TPSA) is 29.3 Å². The number of rotatable bonds is 3. The maximum Gasteiger partial charge on any atom is 0.0319 e. The molecule has 2 heteroatoms. The van der Waals surface area contributed by atoms with E-state index in [1.165, 1.54) is 37.1 Å². The highest BCUT2D eigenvalue weighted by atomic mass is 15.2. The van der Waals surface area contributed by atoms with Crippen molar-refractivity contribution in [1.29, 1.82) is 0 Å². The molecule has 2 nitrogen and oxygen atoms in total. The van der Waals surface area contributed by atoms with Crippen LogP contribution in [0.3, 0.4) is 0 Å². The van der Waals surface area contributed by atoms with Crippen LogP contribution in [0.2, 0.25) is 0 Å². The fraction of sp³-hybridized carbons (Fsp3) is 0.684. The van der Waals surface area contributed by atoms with E-state index in [1.807, 2.05) is 0 Å². The van der Waals surface area contributed by atoms with Gasteiger partial charge in [0.2, 0.25) is 0 Å². The quantitative estimate of drug-likeness (QED) is 0.907. The van der Waals surface area contributed by atoms with Crippen molar-refractivity contribution in [3.05, 3.63) is 35.4 Å². The molecule has 0 aliphatic carbocycles. The summed E-state index contributed by atoms with van der Waals surface area (Å²) in [6.45, 7) is 13.6. The maximum atomic E-state index is 6.04. The summed E-state index contributed by atoms with van der Waals surface area (Å²) in [5.74, 6) is 0.705. The first kappa shape index (κ1) is 16.5. The van der Waals surface area contributed by atoms with E-state index in [4.69, 9.17) is 5.73 Å². The average Bonchev–Trinajstić information content (AvgIpc) is 2.46. The van der Waals surface area contributed by atoms with Gasteiger partial charge in [0.15, 0.2) is 0 Å². The zero-order valence-corrected chi connectivity index (χ0v) is 14.4. The molecule has 1 heterocycles. The lowest BCUT2D eigenvalue weighted by Crippen LogP contribution is -2.40. The van der Waals surface area contributed by atoms with E-state index in [-0.39, 0.29) is 5.41 Å². The Bertz CT molecular complexity index is 434. The molecule has 1 saturated heterocycles. The zero-order valence-electron chi connectivity index (χ0n) is 14.4. The molecule has 1 aromatic carbocycles. The van der Waals surface area contributed by atoms with Gasteiger partial charge in [-0.25, -0.2) is 0 Å². The van der Waals surface area contributed by atoms with Crippen molar-refractivity contribution in [2.75, 3.05) is 13.1 Å². The summed E-state index contributed by atoms with van der Waals surface area (Å²) in [4.78, 5) is 2.60. The molecule has 0 aromatic heterocycles. The third kappa shape index (κ3) is 4.08. The number of benzene rings is 1. The van der Waals surface area contributed by atoms with Gasteiger partial charge in [-0.05, 0) is 62.2 Å². The van der Waals surface area contributed by atoms with Crippen LogP contribution in [0.15, 0.2) is 24.3 Å². The molecule has 1 aromatic rings. The molecular weight excluding hydrogens is 256 g/mol. The van der Waals surface area contributed by atoms with Crippen molar-refractivity contribution >= 4 is 0 Å². The highest BCUT2D eigenvalue weighted by Gasteiger charge is 2.25. The monoisotopic (exact) mass is 288 g/mol. The molecule has 1 aliphatic heterocycles. The average molecular weight is 288 g/mol. The minimum absolute atomic E-state index is 0.234. The normalized spacial score (nSPS) is 21.2. The summed E-state index contributed by atoms with van der Waals surface area (Å²) in [5.41, 5.74) is 9.12. The van der Waals surface area contributed by atoms with Crippen LogP contribution in [0.1, 0.15) is 64.6 Å². The molecule has 2 atom stereocenters. The molecule has 0 amide bonds. The Hall–Kier alpha value is -0.860. The third-order valence-electron chi connectivity index (χ3n) is 5.12. The smallest absolute Gasteiger partial charge is 0.0319 e. The molecule has 118 valence electrons. The zero-order chi connectivity index (χ0) is 15.6. The third-order valence-corrected chi connectivity index (χ3v) is 5.12. The first-order chi connectivity index (χ1) is 9.79. The van der Waals surface area contributed by atoms with Crippen molar-refractivity contribution in [3.63, 3.8) is 0 Å². The van der Waals surface area contributed by atoms with E-state index in [0.29, 0.717) is 18.0 Å². The minimum atomic E-state index is 0.234. The maximum absolute atomic E-state index is 6.04. The summed E-state index contributed by atoms with van der Waals surface area (Å²) in [6, 6.07) is 10.0. The van der Waals surface area contributed by atoms with Gasteiger partial charge in [0.25, 0.3) is 0 Å². The Morgan fingerprint density at radius 2 is 1.57 bits per heavy atom. The standard InChI is InChI=1S/C19H32N2/c1-14(20)16-10-12-21(13-11-16)15(2)17-6-8-18(9-7-17)19(3,4)5/h6-9,14-16H,10-13,20H2,1-5H3. The Balaban J connectivity index is 1.99. The Morgan fingerprint density at radius 3 is 2.00 bits per heavy atom. The number of hydrogen-bond donors (Lipinski definition) is 1. The van der Waals surface area contributed by atoms with Crippen molar-refractivity contribution in [2.45, 2.75) is 65.0 Å². The summed E-state index contributed by atoms with van der Waals surface area (Å²) in [6.07, 6.45) is 2.48. The summed E-state index contributed by atoms with van der Waals surface area (Å²) >= 11 is 0. The van der Waals surface area contributed by atoms with Crippen molar-refractivity contribution in [2.24, 2.45) is 11.7 Å². The Kier molecular flexibility index (Phi) is 5.11. The predicted octanol–water partition coefficient (Wildman–Crippen LogP) is 4.10. The summed E-state index contributed by atoms with van der Waals surface area (Å²) < 4.78 is 0. The van der Waals surface area contributed by atoms with E-state index in [0.717, 1.165) is 0 Å². The molecule has 1 fully saturated rings. The molecule has 2 rings (SSSR count). The molecule has 2 N–H and O–H groups in total. The first-order valence-electron chi connectivity index (χ1n) is 8.39. The molecule has 2 unspecified atom stereocenters. The van der Waals surface area contributed by atoms with Gasteiger partial charge in [-0.2, -0.15) is 0 Å². The lowest BCUT2D eigenvalue weighted by Gasteiger charge is -2.37. The second-order valence-electron chi connectivity index (χ2n) is 7.78. The van der Waals surface area contributed by atoms with Gasteiger partial charge >= 0.3 is 0 Å². The number of hydrogen-bond acceptors (Lipinski definition) is 2. The van der Waals surface area contributed by atoms with Crippen LogP contribution in [-0.2, 0) is 5.41 Å². The van der Waals surface area contributed by atoms with Gasteiger partial charge in [0, 0.05) is 12.1 Å². The number of nitrogens with two attached hydrogens (primary N) is 1. The van der Waals surface area contributed by atoms with Gasteiger partial charge in [-0.15, -0.1) is 0 Å². The fourth-order valence-electron chi connectivity index (χ4n) is 3.30. The van der Waals surface area contributed by atoms with Crippen LogP contribution < -0.4 is 5.73 Å². The molecule has 1 aliphatic rings. The Morgan fingerprint density at radius 1 is 1.05 bits per heavy atom. The molecule has 21 heavy (non-hydrogen) atoms. The molecule has 0 spiro atoms. The van der Waals surface area contributed by atoms with E-state index in [1.54, 1.807) is 0 Å². The van der Waals surface area contributed by atoms with Gasteiger partial charge in [0.1, 0.15) is 0 Å². The van der Waals surface area contributed by atoms with Gasteiger partial charge in [-0.1, -0.05) is 45.0 Å².